The molecule has 0 rings (SSSR count). The Labute approximate surface area is 385 Å². The molecule has 2 unspecified atom stereocenters. The molecule has 362 valence electrons. The molecule has 0 heterocycles. The molecule has 62 heavy (non-hydrogen) atoms. The molecule has 0 aliphatic heterocycles. The molecule has 0 saturated carbocycles. The highest BCUT2D eigenvalue weighted by atomic mass is 16.5. The van der Waals surface area contributed by atoms with E-state index in [1.54, 1.807) is 6.08 Å². The smallest absolute Gasteiger partial charge is 0.305 e. The SMILES string of the molecule is CCCC/C=C\C/C=C\CCCCCCCC(=O)OCCCCCCCCCCC/C=C\CCCCCCCCCC(=O)NC(CO)C(O)/C=C/CCCCCCCCCCC. The standard InChI is InChI=1S/C56H103NO5/c1-3-5-7-9-11-13-15-16-26-30-34-38-42-46-50-56(61)62-51-47-43-39-35-31-27-24-22-20-18-17-19-21-23-25-29-33-37-41-45-49-55(60)57-53(52-58)54(59)48-44-40-36-32-28-14-12-10-8-6-4-2/h9,11,15-17,19,44,48,53-54,58-59H,3-8,10,12-14,18,20-43,45-47,49-52H2,1-2H3,(H,57,60)/b11-9-,16-15-,19-17-,48-44+. The fourth-order valence-corrected chi connectivity index (χ4v) is 7.88. The van der Waals surface area contributed by atoms with E-state index in [1.165, 1.54) is 186 Å². The summed E-state index contributed by atoms with van der Waals surface area (Å²) in [5, 5.41) is 23.0. The topological polar surface area (TPSA) is 95.9 Å². The predicted molar refractivity (Wildman–Crippen MR) is 269 cm³/mol. The monoisotopic (exact) mass is 870 g/mol. The second-order valence-corrected chi connectivity index (χ2v) is 18.2. The largest absolute Gasteiger partial charge is 0.466 e. The van der Waals surface area contributed by atoms with Crippen molar-refractivity contribution in [1.29, 1.82) is 0 Å². The van der Waals surface area contributed by atoms with Gasteiger partial charge in [0, 0.05) is 12.8 Å². The Kier molecular flexibility index (Phi) is 49.6. The number of aliphatic hydroxyl groups is 2. The zero-order chi connectivity index (χ0) is 45.1. The van der Waals surface area contributed by atoms with Crippen molar-refractivity contribution in [2.24, 2.45) is 0 Å². The molecule has 1 amide bonds. The van der Waals surface area contributed by atoms with E-state index in [-0.39, 0.29) is 18.5 Å². The zero-order valence-electron chi connectivity index (χ0n) is 41.1. The third-order valence-electron chi connectivity index (χ3n) is 12.1. The van der Waals surface area contributed by atoms with Gasteiger partial charge < -0.3 is 20.3 Å². The number of rotatable bonds is 49. The van der Waals surface area contributed by atoms with E-state index in [0.717, 1.165) is 57.8 Å². The van der Waals surface area contributed by atoms with Crippen molar-refractivity contribution in [2.75, 3.05) is 13.2 Å². The lowest BCUT2D eigenvalue weighted by Gasteiger charge is -2.20. The molecular formula is C56H103NO5. The maximum Gasteiger partial charge on any atom is 0.305 e. The van der Waals surface area contributed by atoms with Gasteiger partial charge in [-0.25, -0.2) is 0 Å². The maximum absolute atomic E-state index is 12.4. The van der Waals surface area contributed by atoms with Crippen molar-refractivity contribution in [3.8, 4) is 0 Å². The summed E-state index contributed by atoms with van der Waals surface area (Å²) in [6.45, 7) is 4.82. The minimum atomic E-state index is -0.849. The third kappa shape index (κ3) is 47.3. The summed E-state index contributed by atoms with van der Waals surface area (Å²) in [4.78, 5) is 24.4. The van der Waals surface area contributed by atoms with Crippen molar-refractivity contribution in [1.82, 2.24) is 5.32 Å². The highest BCUT2D eigenvalue weighted by Gasteiger charge is 2.18. The minimum Gasteiger partial charge on any atom is -0.466 e. The quantitative estimate of drug-likeness (QED) is 0.0322. The van der Waals surface area contributed by atoms with Crippen LogP contribution in [0.5, 0.6) is 0 Å². The van der Waals surface area contributed by atoms with Gasteiger partial charge in [0.1, 0.15) is 0 Å². The number of allylic oxidation sites excluding steroid dienone is 7. The summed E-state index contributed by atoms with van der Waals surface area (Å²) in [6, 6.07) is -0.633. The average Bonchev–Trinajstić information content (AvgIpc) is 3.27. The lowest BCUT2D eigenvalue weighted by molar-refractivity contribution is -0.143. The molecule has 0 spiro atoms. The van der Waals surface area contributed by atoms with Crippen LogP contribution in [0.25, 0.3) is 0 Å². The molecule has 2 atom stereocenters. The number of hydrogen-bond donors (Lipinski definition) is 3. The molecule has 0 fully saturated rings. The number of amides is 1. The van der Waals surface area contributed by atoms with Gasteiger partial charge in [-0.1, -0.05) is 223 Å². The first-order valence-electron chi connectivity index (χ1n) is 26.9. The Morgan fingerprint density at radius 2 is 0.823 bits per heavy atom. The second kappa shape index (κ2) is 51.5. The van der Waals surface area contributed by atoms with Crippen LogP contribution < -0.4 is 5.32 Å². The van der Waals surface area contributed by atoms with Gasteiger partial charge >= 0.3 is 5.97 Å². The second-order valence-electron chi connectivity index (χ2n) is 18.2. The minimum absolute atomic E-state index is 0.0101. The number of hydrogen-bond acceptors (Lipinski definition) is 5. The molecule has 6 nitrogen and oxygen atoms in total. The Morgan fingerprint density at radius 1 is 0.452 bits per heavy atom. The molecule has 0 aromatic heterocycles. The van der Waals surface area contributed by atoms with Gasteiger partial charge in [-0.2, -0.15) is 0 Å². The Hall–Kier alpha value is -2.18. The Morgan fingerprint density at radius 3 is 1.29 bits per heavy atom. The van der Waals surface area contributed by atoms with E-state index in [9.17, 15) is 19.8 Å². The molecule has 0 aromatic carbocycles. The van der Waals surface area contributed by atoms with Crippen LogP contribution in [0.2, 0.25) is 0 Å². The number of aliphatic hydroxyl groups excluding tert-OH is 2. The van der Waals surface area contributed by atoms with Crippen molar-refractivity contribution < 1.29 is 24.5 Å². The van der Waals surface area contributed by atoms with Crippen LogP contribution in [0.4, 0.5) is 0 Å². The van der Waals surface area contributed by atoms with Gasteiger partial charge in [0.2, 0.25) is 5.91 Å². The molecule has 0 aliphatic rings. The first-order chi connectivity index (χ1) is 30.5. The van der Waals surface area contributed by atoms with Crippen LogP contribution in [-0.4, -0.2) is 47.4 Å². The molecule has 0 radical (unpaired) electrons. The van der Waals surface area contributed by atoms with E-state index in [4.69, 9.17) is 4.74 Å². The molecule has 3 N–H and O–H groups in total. The number of ether oxygens (including phenoxy) is 1. The van der Waals surface area contributed by atoms with Crippen molar-refractivity contribution in [3.05, 3.63) is 48.6 Å². The fourth-order valence-electron chi connectivity index (χ4n) is 7.88. The van der Waals surface area contributed by atoms with Gasteiger partial charge in [0.25, 0.3) is 0 Å². The van der Waals surface area contributed by atoms with Gasteiger partial charge in [-0.05, 0) is 83.5 Å². The predicted octanol–water partition coefficient (Wildman–Crippen LogP) is 16.2. The van der Waals surface area contributed by atoms with Crippen LogP contribution in [0.15, 0.2) is 48.6 Å². The molecule has 6 heteroatoms. The number of nitrogens with one attached hydrogen (secondary N) is 1. The molecule has 0 saturated heterocycles. The number of carbonyl (C=O) groups excluding carboxylic acids is 2. The number of unbranched alkanes of at least 4 members (excludes halogenated alkanes) is 32. The zero-order valence-corrected chi connectivity index (χ0v) is 41.1. The van der Waals surface area contributed by atoms with Crippen LogP contribution in [-0.2, 0) is 14.3 Å². The van der Waals surface area contributed by atoms with Gasteiger partial charge in [0.05, 0.1) is 25.4 Å². The lowest BCUT2D eigenvalue weighted by atomic mass is 10.1. The van der Waals surface area contributed by atoms with Crippen LogP contribution >= 0.6 is 0 Å². The molecule has 0 aliphatic carbocycles. The summed E-state index contributed by atoms with van der Waals surface area (Å²) < 4.78 is 5.46. The van der Waals surface area contributed by atoms with E-state index in [0.29, 0.717) is 19.4 Å². The summed E-state index contributed by atoms with van der Waals surface area (Å²) in [5.74, 6) is -0.0894. The van der Waals surface area contributed by atoms with E-state index >= 15 is 0 Å². The normalized spacial score (nSPS) is 13.0. The molecule has 0 bridgehead atoms. The van der Waals surface area contributed by atoms with E-state index in [1.807, 2.05) is 6.08 Å². The number of carbonyl (C=O) groups is 2. The molecule has 0 aromatic rings. The van der Waals surface area contributed by atoms with E-state index < -0.39 is 12.1 Å². The Bertz CT molecular complexity index is 1050. The first kappa shape index (κ1) is 59.8. The summed E-state index contributed by atoms with van der Waals surface area (Å²) in [7, 11) is 0. The Balaban J connectivity index is 3.46. The average molecular weight is 870 g/mol. The van der Waals surface area contributed by atoms with Gasteiger partial charge in [-0.3, -0.25) is 9.59 Å². The van der Waals surface area contributed by atoms with Crippen LogP contribution in [0.1, 0.15) is 271 Å². The molecular weight excluding hydrogens is 767 g/mol. The summed E-state index contributed by atoms with van der Waals surface area (Å²) in [6.07, 6.45) is 64.1. The van der Waals surface area contributed by atoms with Crippen molar-refractivity contribution in [3.63, 3.8) is 0 Å². The van der Waals surface area contributed by atoms with Gasteiger partial charge in [0.15, 0.2) is 0 Å². The first-order valence-corrected chi connectivity index (χ1v) is 26.9. The van der Waals surface area contributed by atoms with Crippen LogP contribution in [0.3, 0.4) is 0 Å². The summed E-state index contributed by atoms with van der Waals surface area (Å²) >= 11 is 0. The highest BCUT2D eigenvalue weighted by molar-refractivity contribution is 5.76. The maximum atomic E-state index is 12.4. The third-order valence-corrected chi connectivity index (χ3v) is 12.1. The number of esters is 1. The van der Waals surface area contributed by atoms with Crippen LogP contribution in [0, 0.1) is 0 Å². The highest BCUT2D eigenvalue weighted by Crippen LogP contribution is 2.15. The summed E-state index contributed by atoms with van der Waals surface area (Å²) in [5.41, 5.74) is 0. The van der Waals surface area contributed by atoms with Gasteiger partial charge in [-0.15, -0.1) is 0 Å². The van der Waals surface area contributed by atoms with E-state index in [2.05, 4.69) is 55.6 Å². The lowest BCUT2D eigenvalue weighted by Crippen LogP contribution is -2.45. The van der Waals surface area contributed by atoms with Crippen molar-refractivity contribution in [2.45, 2.75) is 283 Å². The fraction of sp³-hybridized carbons (Fsp3) is 0.821. The van der Waals surface area contributed by atoms with Crippen molar-refractivity contribution >= 4 is 11.9 Å².